The number of rotatable bonds is 6. The van der Waals surface area contributed by atoms with Crippen molar-refractivity contribution < 1.29 is 4.74 Å². The first-order valence-corrected chi connectivity index (χ1v) is 6.67. The van der Waals surface area contributed by atoms with Gasteiger partial charge in [0, 0.05) is 26.3 Å². The SMILES string of the molecule is Cn1cc(CNCCOC2CCCC2)cc1C#N. The highest BCUT2D eigenvalue weighted by atomic mass is 16.5. The summed E-state index contributed by atoms with van der Waals surface area (Å²) in [6.07, 6.45) is 7.57. The zero-order valence-electron chi connectivity index (χ0n) is 11.0. The average molecular weight is 247 g/mol. The highest BCUT2D eigenvalue weighted by molar-refractivity contribution is 5.28. The molecule has 1 saturated carbocycles. The molecule has 1 fully saturated rings. The zero-order valence-corrected chi connectivity index (χ0v) is 11.0. The lowest BCUT2D eigenvalue weighted by molar-refractivity contribution is 0.0603. The second-order valence-electron chi connectivity index (χ2n) is 4.91. The zero-order chi connectivity index (χ0) is 12.8. The summed E-state index contributed by atoms with van der Waals surface area (Å²) in [5.41, 5.74) is 1.85. The lowest BCUT2D eigenvalue weighted by Crippen LogP contribution is -2.21. The fourth-order valence-corrected chi connectivity index (χ4v) is 2.43. The Hall–Kier alpha value is -1.31. The standard InChI is InChI=1S/C14H21N3O/c1-17-11-12(8-13(17)9-15)10-16-6-7-18-14-4-2-3-5-14/h8,11,14,16H,2-7,10H2,1H3. The third-order valence-electron chi connectivity index (χ3n) is 3.44. The summed E-state index contributed by atoms with van der Waals surface area (Å²) in [5, 5.41) is 12.2. The Balaban J connectivity index is 1.61. The maximum Gasteiger partial charge on any atom is 0.120 e. The number of aryl methyl sites for hydroxylation is 1. The van der Waals surface area contributed by atoms with Crippen LogP contribution >= 0.6 is 0 Å². The van der Waals surface area contributed by atoms with Crippen molar-refractivity contribution in [1.29, 1.82) is 5.26 Å². The Morgan fingerprint density at radius 1 is 1.50 bits per heavy atom. The molecule has 0 saturated heterocycles. The first kappa shape index (κ1) is 13.1. The van der Waals surface area contributed by atoms with Gasteiger partial charge in [0.2, 0.25) is 0 Å². The van der Waals surface area contributed by atoms with Gasteiger partial charge in [-0.25, -0.2) is 0 Å². The van der Waals surface area contributed by atoms with Gasteiger partial charge in [0.25, 0.3) is 0 Å². The number of hydrogen-bond donors (Lipinski definition) is 1. The van der Waals surface area contributed by atoms with Gasteiger partial charge in [0.15, 0.2) is 0 Å². The number of aromatic nitrogens is 1. The van der Waals surface area contributed by atoms with E-state index in [1.54, 1.807) is 0 Å². The lowest BCUT2D eigenvalue weighted by Gasteiger charge is -2.11. The summed E-state index contributed by atoms with van der Waals surface area (Å²) < 4.78 is 7.62. The van der Waals surface area contributed by atoms with E-state index in [0.29, 0.717) is 11.8 Å². The van der Waals surface area contributed by atoms with Crippen LogP contribution in [-0.4, -0.2) is 23.8 Å². The molecule has 0 spiro atoms. The third kappa shape index (κ3) is 3.59. The van der Waals surface area contributed by atoms with Gasteiger partial charge in [-0.1, -0.05) is 12.8 Å². The van der Waals surface area contributed by atoms with E-state index in [-0.39, 0.29) is 0 Å². The second kappa shape index (κ2) is 6.58. The highest BCUT2D eigenvalue weighted by Gasteiger charge is 2.14. The van der Waals surface area contributed by atoms with E-state index in [9.17, 15) is 0 Å². The number of ether oxygens (including phenoxy) is 1. The largest absolute Gasteiger partial charge is 0.377 e. The molecule has 1 aromatic rings. The molecule has 4 nitrogen and oxygen atoms in total. The minimum absolute atomic E-state index is 0.494. The van der Waals surface area contributed by atoms with Gasteiger partial charge >= 0.3 is 0 Å². The molecule has 0 atom stereocenters. The van der Waals surface area contributed by atoms with Crippen molar-refractivity contribution in [2.24, 2.45) is 7.05 Å². The quantitative estimate of drug-likeness (QED) is 0.782. The van der Waals surface area contributed by atoms with E-state index in [1.165, 1.54) is 25.7 Å². The molecular weight excluding hydrogens is 226 g/mol. The van der Waals surface area contributed by atoms with E-state index in [4.69, 9.17) is 10.00 Å². The number of hydrogen-bond acceptors (Lipinski definition) is 3. The average Bonchev–Trinajstić information content (AvgIpc) is 2.98. The predicted octanol–water partition coefficient (Wildman–Crippen LogP) is 1.95. The molecule has 1 heterocycles. The molecule has 2 rings (SSSR count). The lowest BCUT2D eigenvalue weighted by atomic mass is 10.3. The molecule has 1 aliphatic rings. The van der Waals surface area contributed by atoms with Gasteiger partial charge < -0.3 is 14.6 Å². The molecule has 18 heavy (non-hydrogen) atoms. The molecule has 1 aromatic heterocycles. The number of nitrogens with zero attached hydrogens (tertiary/aromatic N) is 2. The first-order chi connectivity index (χ1) is 8.79. The van der Waals surface area contributed by atoms with Crippen LogP contribution in [0, 0.1) is 11.3 Å². The Kier molecular flexibility index (Phi) is 4.80. The topological polar surface area (TPSA) is 50.0 Å². The van der Waals surface area contributed by atoms with E-state index in [0.717, 1.165) is 25.3 Å². The summed E-state index contributed by atoms with van der Waals surface area (Å²) in [5.74, 6) is 0. The van der Waals surface area contributed by atoms with Crippen LogP contribution in [0.15, 0.2) is 12.3 Å². The van der Waals surface area contributed by atoms with Crippen LogP contribution < -0.4 is 5.32 Å². The molecule has 0 bridgehead atoms. The summed E-state index contributed by atoms with van der Waals surface area (Å²) in [4.78, 5) is 0. The molecule has 1 aliphatic carbocycles. The Morgan fingerprint density at radius 3 is 2.94 bits per heavy atom. The smallest absolute Gasteiger partial charge is 0.120 e. The summed E-state index contributed by atoms with van der Waals surface area (Å²) >= 11 is 0. The molecule has 0 unspecified atom stereocenters. The highest BCUT2D eigenvalue weighted by Crippen LogP contribution is 2.20. The molecule has 4 heteroatoms. The van der Waals surface area contributed by atoms with Gasteiger partial charge in [-0.2, -0.15) is 5.26 Å². The molecule has 0 aliphatic heterocycles. The minimum atomic E-state index is 0.494. The predicted molar refractivity (Wildman–Crippen MR) is 70.0 cm³/mol. The van der Waals surface area contributed by atoms with Crippen molar-refractivity contribution in [2.75, 3.05) is 13.2 Å². The van der Waals surface area contributed by atoms with Crippen LogP contribution in [-0.2, 0) is 18.3 Å². The molecule has 98 valence electrons. The normalized spacial score (nSPS) is 16.0. The van der Waals surface area contributed by atoms with E-state index < -0.39 is 0 Å². The Morgan fingerprint density at radius 2 is 2.28 bits per heavy atom. The fourth-order valence-electron chi connectivity index (χ4n) is 2.43. The number of nitrogens with one attached hydrogen (secondary N) is 1. The maximum atomic E-state index is 8.85. The molecule has 0 aromatic carbocycles. The Labute approximate surface area is 109 Å². The van der Waals surface area contributed by atoms with Crippen molar-refractivity contribution >= 4 is 0 Å². The van der Waals surface area contributed by atoms with E-state index >= 15 is 0 Å². The molecule has 1 N–H and O–H groups in total. The van der Waals surface area contributed by atoms with Gasteiger partial charge in [-0.05, 0) is 24.5 Å². The van der Waals surface area contributed by atoms with Crippen LogP contribution in [0.25, 0.3) is 0 Å². The first-order valence-electron chi connectivity index (χ1n) is 6.67. The second-order valence-corrected chi connectivity index (χ2v) is 4.91. The summed E-state index contributed by atoms with van der Waals surface area (Å²) in [6.45, 7) is 2.44. The monoisotopic (exact) mass is 247 g/mol. The van der Waals surface area contributed by atoms with E-state index in [1.807, 2.05) is 23.9 Å². The van der Waals surface area contributed by atoms with Crippen LogP contribution in [0.5, 0.6) is 0 Å². The maximum absolute atomic E-state index is 8.85. The fraction of sp³-hybridized carbons (Fsp3) is 0.643. The van der Waals surface area contributed by atoms with Crippen molar-refractivity contribution in [3.05, 3.63) is 23.5 Å². The summed E-state index contributed by atoms with van der Waals surface area (Å²) in [7, 11) is 1.89. The molecule has 0 radical (unpaired) electrons. The third-order valence-corrected chi connectivity index (χ3v) is 3.44. The van der Waals surface area contributed by atoms with Crippen LogP contribution in [0.3, 0.4) is 0 Å². The van der Waals surface area contributed by atoms with Crippen LogP contribution in [0.1, 0.15) is 36.9 Å². The van der Waals surface area contributed by atoms with Gasteiger partial charge in [0.05, 0.1) is 12.7 Å². The van der Waals surface area contributed by atoms with Crippen LogP contribution in [0.2, 0.25) is 0 Å². The van der Waals surface area contributed by atoms with Crippen molar-refractivity contribution in [2.45, 2.75) is 38.3 Å². The van der Waals surface area contributed by atoms with E-state index in [2.05, 4.69) is 11.4 Å². The van der Waals surface area contributed by atoms with Gasteiger partial charge in [-0.15, -0.1) is 0 Å². The van der Waals surface area contributed by atoms with Crippen LogP contribution in [0.4, 0.5) is 0 Å². The Bertz CT molecular complexity index is 413. The van der Waals surface area contributed by atoms with Gasteiger partial charge in [0.1, 0.15) is 11.8 Å². The van der Waals surface area contributed by atoms with Gasteiger partial charge in [-0.3, -0.25) is 0 Å². The number of nitriles is 1. The molecular formula is C14H21N3O. The van der Waals surface area contributed by atoms with Crippen molar-refractivity contribution in [1.82, 2.24) is 9.88 Å². The van der Waals surface area contributed by atoms with Crippen molar-refractivity contribution in [3.8, 4) is 6.07 Å². The summed E-state index contributed by atoms with van der Waals surface area (Å²) in [6, 6.07) is 4.09. The molecule has 0 amide bonds. The van der Waals surface area contributed by atoms with Crippen molar-refractivity contribution in [3.63, 3.8) is 0 Å². The minimum Gasteiger partial charge on any atom is -0.377 e.